The number of nitrogens with zero attached hydrogens (tertiary/aromatic N) is 2. The van der Waals surface area contributed by atoms with Crippen LogP contribution in [0.5, 0.6) is 0 Å². The van der Waals surface area contributed by atoms with Crippen molar-refractivity contribution in [2.45, 2.75) is 32.7 Å². The number of ether oxygens (including phenoxy) is 1. The third kappa shape index (κ3) is 4.08. The highest BCUT2D eigenvalue weighted by Gasteiger charge is 2.26. The highest BCUT2D eigenvalue weighted by Crippen LogP contribution is 2.25. The van der Waals surface area contributed by atoms with Gasteiger partial charge in [0.2, 0.25) is 5.91 Å². The van der Waals surface area contributed by atoms with E-state index in [4.69, 9.17) is 16.3 Å². The van der Waals surface area contributed by atoms with Crippen LogP contribution in [0.4, 0.5) is 4.79 Å². The lowest BCUT2D eigenvalue weighted by Gasteiger charge is -2.31. The highest BCUT2D eigenvalue weighted by atomic mass is 35.5. The van der Waals surface area contributed by atoms with Crippen LogP contribution in [0.15, 0.2) is 24.4 Å². The third-order valence-electron chi connectivity index (χ3n) is 4.71. The van der Waals surface area contributed by atoms with Crippen LogP contribution in [0, 0.1) is 0 Å². The van der Waals surface area contributed by atoms with Gasteiger partial charge < -0.3 is 15.0 Å². The average molecular weight is 392 g/mol. The number of amides is 2. The van der Waals surface area contributed by atoms with Gasteiger partial charge in [-0.2, -0.15) is 0 Å². The van der Waals surface area contributed by atoms with Crippen molar-refractivity contribution in [3.05, 3.63) is 35.0 Å². The van der Waals surface area contributed by atoms with Crippen molar-refractivity contribution in [2.24, 2.45) is 0 Å². The van der Waals surface area contributed by atoms with Crippen LogP contribution in [-0.2, 0) is 4.74 Å². The molecular weight excluding hydrogens is 370 g/mol. The van der Waals surface area contributed by atoms with E-state index in [1.807, 2.05) is 0 Å². The molecule has 2 heterocycles. The van der Waals surface area contributed by atoms with Crippen LogP contribution < -0.4 is 5.32 Å². The fourth-order valence-electron chi connectivity index (χ4n) is 3.33. The summed E-state index contributed by atoms with van der Waals surface area (Å²) in [6.07, 6.45) is 2.54. The van der Waals surface area contributed by atoms with Crippen molar-refractivity contribution in [3.8, 4) is 0 Å². The summed E-state index contributed by atoms with van der Waals surface area (Å²) in [5.41, 5.74) is 1.04. The fourth-order valence-corrected chi connectivity index (χ4v) is 3.49. The largest absolute Gasteiger partial charge is 0.450 e. The SMILES string of the molecule is CCOC(=O)N1CCC(NC(=O)c2cn(C(C)=O)c3cc(Cl)ccc23)CC1. The van der Waals surface area contributed by atoms with Crippen LogP contribution in [0.1, 0.15) is 41.8 Å². The third-order valence-corrected chi connectivity index (χ3v) is 4.94. The lowest BCUT2D eigenvalue weighted by Crippen LogP contribution is -2.46. The van der Waals surface area contributed by atoms with E-state index >= 15 is 0 Å². The number of hydrogen-bond donors (Lipinski definition) is 1. The minimum Gasteiger partial charge on any atom is -0.450 e. The quantitative estimate of drug-likeness (QED) is 0.870. The number of hydrogen-bond acceptors (Lipinski definition) is 4. The van der Waals surface area contributed by atoms with Crippen LogP contribution in [0.2, 0.25) is 5.02 Å². The van der Waals surface area contributed by atoms with E-state index in [-0.39, 0.29) is 23.9 Å². The summed E-state index contributed by atoms with van der Waals surface area (Å²) in [5, 5.41) is 4.19. The van der Waals surface area contributed by atoms with Gasteiger partial charge in [0, 0.05) is 42.7 Å². The molecule has 0 saturated carbocycles. The molecule has 3 rings (SSSR count). The maximum Gasteiger partial charge on any atom is 0.409 e. The molecule has 7 nitrogen and oxygen atoms in total. The van der Waals surface area contributed by atoms with Crippen molar-refractivity contribution in [1.82, 2.24) is 14.8 Å². The Bertz CT molecular complexity index is 884. The van der Waals surface area contributed by atoms with E-state index < -0.39 is 0 Å². The van der Waals surface area contributed by atoms with Gasteiger partial charge in [-0.05, 0) is 31.9 Å². The normalized spacial score (nSPS) is 15.0. The van der Waals surface area contributed by atoms with Crippen LogP contribution in [0.3, 0.4) is 0 Å². The van der Waals surface area contributed by atoms with Crippen LogP contribution in [-0.4, -0.2) is 53.1 Å². The van der Waals surface area contributed by atoms with Gasteiger partial charge in [0.05, 0.1) is 17.7 Å². The first kappa shape index (κ1) is 19.2. The standard InChI is InChI=1S/C19H22ClN3O4/c1-3-27-19(26)22-8-6-14(7-9-22)21-18(25)16-11-23(12(2)24)17-10-13(20)4-5-15(16)17/h4-5,10-11,14H,3,6-9H2,1-2H3,(H,21,25). The van der Waals surface area contributed by atoms with Gasteiger partial charge in [-0.25, -0.2) is 4.79 Å². The molecule has 1 aromatic heterocycles. The molecule has 2 aromatic rings. The second kappa shape index (κ2) is 8.00. The van der Waals surface area contributed by atoms with Gasteiger partial charge in [0.25, 0.3) is 5.91 Å². The van der Waals surface area contributed by atoms with Gasteiger partial charge in [0.15, 0.2) is 0 Å². The lowest BCUT2D eigenvalue weighted by atomic mass is 10.0. The molecule has 0 radical (unpaired) electrons. The summed E-state index contributed by atoms with van der Waals surface area (Å²) >= 11 is 6.03. The zero-order valence-corrected chi connectivity index (χ0v) is 16.1. The van der Waals surface area contributed by atoms with E-state index in [0.717, 1.165) is 0 Å². The summed E-state index contributed by atoms with van der Waals surface area (Å²) in [7, 11) is 0. The molecule has 8 heteroatoms. The predicted octanol–water partition coefficient (Wildman–Crippen LogP) is 3.31. The second-order valence-corrected chi connectivity index (χ2v) is 6.96. The first-order chi connectivity index (χ1) is 12.9. The number of fused-ring (bicyclic) bond motifs is 1. The Balaban J connectivity index is 1.72. The number of likely N-dealkylation sites (tertiary alicyclic amines) is 1. The molecule has 1 N–H and O–H groups in total. The smallest absolute Gasteiger partial charge is 0.409 e. The van der Waals surface area contributed by atoms with E-state index in [2.05, 4.69) is 5.32 Å². The van der Waals surface area contributed by atoms with Gasteiger partial charge in [-0.3, -0.25) is 14.2 Å². The minimum absolute atomic E-state index is 0.0359. The fraction of sp³-hybridized carbons (Fsp3) is 0.421. The molecular formula is C19H22ClN3O4. The van der Waals surface area contributed by atoms with Crippen molar-refractivity contribution in [2.75, 3.05) is 19.7 Å². The molecule has 1 aliphatic rings. The molecule has 2 amide bonds. The molecule has 27 heavy (non-hydrogen) atoms. The number of nitrogens with one attached hydrogen (secondary N) is 1. The molecule has 1 fully saturated rings. The van der Waals surface area contributed by atoms with Gasteiger partial charge in [-0.15, -0.1) is 0 Å². The van der Waals surface area contributed by atoms with E-state index in [1.54, 1.807) is 36.2 Å². The Labute approximate surface area is 162 Å². The summed E-state index contributed by atoms with van der Waals surface area (Å²) in [6, 6.07) is 5.08. The van der Waals surface area contributed by atoms with Gasteiger partial charge >= 0.3 is 6.09 Å². The molecule has 0 atom stereocenters. The van der Waals surface area contributed by atoms with Crippen molar-refractivity contribution in [1.29, 1.82) is 0 Å². The number of piperidine rings is 1. The summed E-state index contributed by atoms with van der Waals surface area (Å²) in [4.78, 5) is 38.1. The van der Waals surface area contributed by atoms with Crippen molar-refractivity contribution >= 4 is 40.4 Å². The summed E-state index contributed by atoms with van der Waals surface area (Å²) in [5.74, 6) is -0.430. The number of benzene rings is 1. The van der Waals surface area contributed by atoms with Gasteiger partial charge in [0.1, 0.15) is 0 Å². The first-order valence-corrected chi connectivity index (χ1v) is 9.32. The topological polar surface area (TPSA) is 80.6 Å². The van der Waals surface area contributed by atoms with E-state index in [1.165, 1.54) is 11.5 Å². The minimum atomic E-state index is -0.316. The van der Waals surface area contributed by atoms with Crippen LogP contribution in [0.25, 0.3) is 10.9 Å². The molecule has 1 saturated heterocycles. The Morgan fingerprint density at radius 3 is 2.59 bits per heavy atom. The number of carbonyl (C=O) groups excluding carboxylic acids is 3. The Kier molecular flexibility index (Phi) is 5.70. The number of rotatable bonds is 3. The lowest BCUT2D eigenvalue weighted by molar-refractivity contribution is 0.0861. The summed E-state index contributed by atoms with van der Waals surface area (Å²) in [6.45, 7) is 4.63. The maximum atomic E-state index is 12.8. The predicted molar refractivity (Wildman–Crippen MR) is 102 cm³/mol. The number of halogens is 1. The Morgan fingerprint density at radius 1 is 1.26 bits per heavy atom. The molecule has 0 bridgehead atoms. The molecule has 0 aliphatic carbocycles. The monoisotopic (exact) mass is 391 g/mol. The zero-order chi connectivity index (χ0) is 19.6. The molecule has 0 spiro atoms. The van der Waals surface area contributed by atoms with E-state index in [9.17, 15) is 14.4 Å². The van der Waals surface area contributed by atoms with Crippen LogP contribution >= 0.6 is 11.6 Å². The highest BCUT2D eigenvalue weighted by molar-refractivity contribution is 6.31. The Morgan fingerprint density at radius 2 is 1.96 bits per heavy atom. The molecule has 1 aliphatic heterocycles. The van der Waals surface area contributed by atoms with Crippen molar-refractivity contribution < 1.29 is 19.1 Å². The number of carbonyl (C=O) groups is 3. The molecule has 1 aromatic carbocycles. The molecule has 0 unspecified atom stereocenters. The average Bonchev–Trinajstić information content (AvgIpc) is 3.01. The first-order valence-electron chi connectivity index (χ1n) is 8.94. The maximum absolute atomic E-state index is 12.8. The summed E-state index contributed by atoms with van der Waals surface area (Å²) < 4.78 is 6.43. The van der Waals surface area contributed by atoms with Gasteiger partial charge in [-0.1, -0.05) is 17.7 Å². The van der Waals surface area contributed by atoms with Crippen molar-refractivity contribution in [3.63, 3.8) is 0 Å². The molecule has 144 valence electrons. The second-order valence-electron chi connectivity index (χ2n) is 6.53. The zero-order valence-electron chi connectivity index (χ0n) is 15.3. The van der Waals surface area contributed by atoms with E-state index in [0.29, 0.717) is 54.0 Å². The number of aromatic nitrogens is 1. The Hall–Kier alpha value is -2.54.